The van der Waals surface area contributed by atoms with E-state index in [2.05, 4.69) is 10.3 Å². The Kier molecular flexibility index (Phi) is 5.35. The van der Waals surface area contributed by atoms with Crippen molar-refractivity contribution >= 4 is 11.9 Å². The number of nitrogens with zero attached hydrogens (tertiary/aromatic N) is 1. The molecule has 2 N–H and O–H groups in total. The van der Waals surface area contributed by atoms with Crippen molar-refractivity contribution in [3.63, 3.8) is 0 Å². The molecule has 1 heterocycles. The van der Waals surface area contributed by atoms with Gasteiger partial charge >= 0.3 is 5.97 Å². The molecule has 6 heteroatoms. The second kappa shape index (κ2) is 7.24. The molecule has 120 valence electrons. The van der Waals surface area contributed by atoms with Gasteiger partial charge in [0.05, 0.1) is 0 Å². The Hall–Kier alpha value is -2.11. The normalized spacial score (nSPS) is 17.2. The Balaban J connectivity index is 2.04. The Morgan fingerprint density at radius 3 is 2.77 bits per heavy atom. The average Bonchev–Trinajstić information content (AvgIpc) is 2.47. The fourth-order valence-corrected chi connectivity index (χ4v) is 2.18. The number of pyridine rings is 1. The van der Waals surface area contributed by atoms with E-state index in [1.165, 1.54) is 6.20 Å². The zero-order valence-corrected chi connectivity index (χ0v) is 12.9. The van der Waals surface area contributed by atoms with E-state index in [4.69, 9.17) is 4.74 Å². The van der Waals surface area contributed by atoms with Gasteiger partial charge in [0.2, 0.25) is 5.88 Å². The quantitative estimate of drug-likeness (QED) is 0.806. The van der Waals surface area contributed by atoms with Gasteiger partial charge < -0.3 is 15.2 Å². The fraction of sp³-hybridized carbons (Fsp3) is 0.562. The lowest BCUT2D eigenvalue weighted by Crippen LogP contribution is -2.45. The lowest BCUT2D eigenvalue weighted by atomic mass is 9.96. The number of amides is 1. The minimum Gasteiger partial charge on any atom is -0.480 e. The van der Waals surface area contributed by atoms with Crippen molar-refractivity contribution in [3.8, 4) is 5.88 Å². The van der Waals surface area contributed by atoms with E-state index in [1.807, 2.05) is 6.92 Å². The predicted octanol–water partition coefficient (Wildman–Crippen LogP) is 2.24. The highest BCUT2D eigenvalue weighted by Gasteiger charge is 2.26. The zero-order chi connectivity index (χ0) is 16.1. The molecule has 2 atom stereocenters. The number of carbonyl (C=O) groups is 2. The average molecular weight is 306 g/mol. The third-order valence-corrected chi connectivity index (χ3v) is 4.10. The molecule has 1 fully saturated rings. The summed E-state index contributed by atoms with van der Waals surface area (Å²) in [6.07, 6.45) is 5.52. The van der Waals surface area contributed by atoms with E-state index >= 15 is 0 Å². The van der Waals surface area contributed by atoms with Crippen LogP contribution in [0.5, 0.6) is 5.88 Å². The monoisotopic (exact) mass is 306 g/mol. The van der Waals surface area contributed by atoms with Crippen LogP contribution in [-0.2, 0) is 4.79 Å². The Labute approximate surface area is 129 Å². The highest BCUT2D eigenvalue weighted by molar-refractivity contribution is 5.96. The summed E-state index contributed by atoms with van der Waals surface area (Å²) in [6.45, 7) is 3.69. The molecule has 0 radical (unpaired) electrons. The van der Waals surface area contributed by atoms with E-state index < -0.39 is 17.9 Å². The van der Waals surface area contributed by atoms with Gasteiger partial charge in [0, 0.05) is 17.8 Å². The predicted molar refractivity (Wildman–Crippen MR) is 80.8 cm³/mol. The van der Waals surface area contributed by atoms with Crippen LogP contribution in [0, 0.1) is 5.92 Å². The summed E-state index contributed by atoms with van der Waals surface area (Å²) >= 11 is 0. The van der Waals surface area contributed by atoms with E-state index in [0.717, 1.165) is 19.3 Å². The first-order valence-electron chi connectivity index (χ1n) is 7.67. The first-order valence-corrected chi connectivity index (χ1v) is 7.67. The van der Waals surface area contributed by atoms with Crippen LogP contribution >= 0.6 is 0 Å². The lowest BCUT2D eigenvalue weighted by molar-refractivity contribution is -0.140. The maximum Gasteiger partial charge on any atom is 0.326 e. The van der Waals surface area contributed by atoms with E-state index in [0.29, 0.717) is 17.9 Å². The summed E-state index contributed by atoms with van der Waals surface area (Å²) in [5.41, 5.74) is 0.360. The zero-order valence-electron chi connectivity index (χ0n) is 12.9. The minimum atomic E-state index is -1.03. The van der Waals surface area contributed by atoms with E-state index in [9.17, 15) is 14.7 Å². The molecule has 1 amide bonds. The van der Waals surface area contributed by atoms with Crippen LogP contribution in [0.1, 0.15) is 49.9 Å². The largest absolute Gasteiger partial charge is 0.480 e. The summed E-state index contributed by atoms with van der Waals surface area (Å²) in [5.74, 6) is -1.18. The number of hydrogen-bond donors (Lipinski definition) is 2. The molecule has 2 rings (SSSR count). The summed E-state index contributed by atoms with van der Waals surface area (Å²) in [6, 6.07) is 2.21. The highest BCUT2D eigenvalue weighted by atomic mass is 16.5. The van der Waals surface area contributed by atoms with Gasteiger partial charge in [-0.1, -0.05) is 20.3 Å². The maximum atomic E-state index is 12.2. The number of hydrogen-bond acceptors (Lipinski definition) is 4. The van der Waals surface area contributed by atoms with Crippen molar-refractivity contribution in [1.82, 2.24) is 10.3 Å². The molecule has 1 aromatic heterocycles. The van der Waals surface area contributed by atoms with Crippen LogP contribution in [0.4, 0.5) is 0 Å². The van der Waals surface area contributed by atoms with Crippen LogP contribution in [0.15, 0.2) is 18.3 Å². The number of nitrogens with one attached hydrogen (secondary N) is 1. The summed E-state index contributed by atoms with van der Waals surface area (Å²) in [5, 5.41) is 11.8. The fourth-order valence-electron chi connectivity index (χ4n) is 2.18. The summed E-state index contributed by atoms with van der Waals surface area (Å²) in [7, 11) is 0. The van der Waals surface area contributed by atoms with Crippen molar-refractivity contribution in [2.24, 2.45) is 5.92 Å². The first kappa shape index (κ1) is 16.3. The van der Waals surface area contributed by atoms with Crippen molar-refractivity contribution < 1.29 is 19.4 Å². The molecule has 0 unspecified atom stereocenters. The number of aromatic nitrogens is 1. The molecule has 0 bridgehead atoms. The molecule has 0 saturated heterocycles. The van der Waals surface area contributed by atoms with Gasteiger partial charge in [0.25, 0.3) is 5.91 Å². The second-order valence-corrected chi connectivity index (χ2v) is 5.73. The maximum absolute atomic E-state index is 12.2. The SMILES string of the molecule is CC[C@H](C)[C@H](NC(=O)c1ccnc(OC2CCC2)c1)C(=O)O. The minimum absolute atomic E-state index is 0.144. The lowest BCUT2D eigenvalue weighted by Gasteiger charge is -2.25. The number of ether oxygens (including phenoxy) is 1. The number of aliphatic carboxylic acids is 1. The molecule has 0 spiro atoms. The molecule has 0 aliphatic heterocycles. The number of carboxylic acid groups (broad SMARTS) is 1. The van der Waals surface area contributed by atoms with Crippen molar-refractivity contribution in [3.05, 3.63) is 23.9 Å². The molecule has 1 aliphatic carbocycles. The van der Waals surface area contributed by atoms with Crippen LogP contribution in [-0.4, -0.2) is 34.1 Å². The molecule has 1 aromatic rings. The number of rotatable bonds is 7. The molecule has 6 nitrogen and oxygen atoms in total. The molecular formula is C16H22N2O4. The van der Waals surface area contributed by atoms with Gasteiger partial charge in [0.15, 0.2) is 0 Å². The Morgan fingerprint density at radius 2 is 2.23 bits per heavy atom. The molecule has 1 aliphatic rings. The van der Waals surface area contributed by atoms with Crippen LogP contribution in [0.3, 0.4) is 0 Å². The van der Waals surface area contributed by atoms with Gasteiger partial charge in [-0.3, -0.25) is 4.79 Å². The van der Waals surface area contributed by atoms with E-state index in [-0.39, 0.29) is 12.0 Å². The van der Waals surface area contributed by atoms with Crippen LogP contribution in [0.25, 0.3) is 0 Å². The summed E-state index contributed by atoms with van der Waals surface area (Å²) < 4.78 is 5.65. The van der Waals surface area contributed by atoms with Gasteiger partial charge in [-0.15, -0.1) is 0 Å². The number of carbonyl (C=O) groups excluding carboxylic acids is 1. The molecule has 1 saturated carbocycles. The number of carboxylic acids is 1. The topological polar surface area (TPSA) is 88.5 Å². The van der Waals surface area contributed by atoms with Crippen LogP contribution < -0.4 is 10.1 Å². The van der Waals surface area contributed by atoms with Crippen molar-refractivity contribution in [2.75, 3.05) is 0 Å². The van der Waals surface area contributed by atoms with Crippen molar-refractivity contribution in [1.29, 1.82) is 0 Å². The van der Waals surface area contributed by atoms with Gasteiger partial charge in [-0.25, -0.2) is 9.78 Å². The van der Waals surface area contributed by atoms with Crippen LogP contribution in [0.2, 0.25) is 0 Å². The highest BCUT2D eigenvalue weighted by Crippen LogP contribution is 2.24. The third-order valence-electron chi connectivity index (χ3n) is 4.10. The molecule has 0 aromatic carbocycles. The van der Waals surface area contributed by atoms with Gasteiger partial charge in [-0.05, 0) is 31.2 Å². The second-order valence-electron chi connectivity index (χ2n) is 5.73. The van der Waals surface area contributed by atoms with E-state index in [1.54, 1.807) is 19.1 Å². The smallest absolute Gasteiger partial charge is 0.326 e. The Morgan fingerprint density at radius 1 is 1.50 bits per heavy atom. The first-order chi connectivity index (χ1) is 10.5. The molecule has 22 heavy (non-hydrogen) atoms. The van der Waals surface area contributed by atoms with Gasteiger partial charge in [-0.2, -0.15) is 0 Å². The molecular weight excluding hydrogens is 284 g/mol. The Bertz CT molecular complexity index is 543. The standard InChI is InChI=1S/C16H22N2O4/c1-3-10(2)14(16(20)21)18-15(19)11-7-8-17-13(9-11)22-12-5-4-6-12/h7-10,12,14H,3-6H2,1-2H3,(H,18,19)(H,20,21)/t10-,14-/m0/s1. The van der Waals surface area contributed by atoms with Gasteiger partial charge in [0.1, 0.15) is 12.1 Å². The van der Waals surface area contributed by atoms with Crippen molar-refractivity contribution in [2.45, 2.75) is 51.7 Å². The summed E-state index contributed by atoms with van der Waals surface area (Å²) in [4.78, 5) is 27.6. The third kappa shape index (κ3) is 3.96.